The van der Waals surface area contributed by atoms with Gasteiger partial charge in [-0.05, 0) is 49.9 Å². The standard InChI is InChI=1S/C22H33N5OS.HI/c1-6-23-20(25-15-22(4,5)19-8-7-13-29-19)24-14-17-9-11-18(12-10-17)27-21(28)26-16(2)3;/h7-13,16H,6,14-15H2,1-5H3,(H2,23,24,25)(H2,26,27,28);1H. The number of nitrogens with one attached hydrogen (secondary N) is 4. The molecule has 0 aliphatic rings. The third-order valence-corrected chi connectivity index (χ3v) is 5.52. The predicted molar refractivity (Wildman–Crippen MR) is 139 cm³/mol. The Kier molecular flexibility index (Phi) is 11.2. The second kappa shape index (κ2) is 12.8. The van der Waals surface area contributed by atoms with E-state index in [2.05, 4.69) is 59.6 Å². The monoisotopic (exact) mass is 543 g/mol. The predicted octanol–water partition coefficient (Wildman–Crippen LogP) is 4.93. The van der Waals surface area contributed by atoms with Crippen LogP contribution in [0.3, 0.4) is 0 Å². The summed E-state index contributed by atoms with van der Waals surface area (Å²) in [6.45, 7) is 12.5. The largest absolute Gasteiger partial charge is 0.357 e. The fourth-order valence-electron chi connectivity index (χ4n) is 2.69. The lowest BCUT2D eigenvalue weighted by Crippen LogP contribution is -2.43. The number of amides is 2. The van der Waals surface area contributed by atoms with Gasteiger partial charge in [-0.3, -0.25) is 0 Å². The van der Waals surface area contributed by atoms with E-state index < -0.39 is 0 Å². The minimum Gasteiger partial charge on any atom is -0.357 e. The molecule has 166 valence electrons. The molecule has 6 nitrogen and oxygen atoms in total. The lowest BCUT2D eigenvalue weighted by Gasteiger charge is -2.25. The van der Waals surface area contributed by atoms with Crippen molar-refractivity contribution in [2.75, 3.05) is 18.4 Å². The van der Waals surface area contributed by atoms with E-state index in [0.29, 0.717) is 6.54 Å². The molecule has 2 rings (SSSR count). The highest BCUT2D eigenvalue weighted by atomic mass is 127. The van der Waals surface area contributed by atoms with E-state index in [9.17, 15) is 4.79 Å². The lowest BCUT2D eigenvalue weighted by molar-refractivity contribution is 0.250. The van der Waals surface area contributed by atoms with E-state index in [1.54, 1.807) is 11.3 Å². The SMILES string of the molecule is CCNC(=NCc1ccc(NC(=O)NC(C)C)cc1)NCC(C)(C)c1cccs1.I. The topological polar surface area (TPSA) is 77.5 Å². The first-order valence-electron chi connectivity index (χ1n) is 10.0. The number of carbonyl (C=O) groups excluding carboxylic acids is 1. The number of halogens is 1. The highest BCUT2D eigenvalue weighted by Crippen LogP contribution is 2.26. The smallest absolute Gasteiger partial charge is 0.319 e. The number of anilines is 1. The van der Waals surface area contributed by atoms with Crippen LogP contribution in [-0.2, 0) is 12.0 Å². The number of aliphatic imine (C=N–C) groups is 1. The Morgan fingerprint density at radius 3 is 2.40 bits per heavy atom. The summed E-state index contributed by atoms with van der Waals surface area (Å²) in [7, 11) is 0. The maximum atomic E-state index is 11.8. The Bertz CT molecular complexity index is 788. The van der Waals surface area contributed by atoms with Gasteiger partial charge in [-0.15, -0.1) is 35.3 Å². The van der Waals surface area contributed by atoms with Crippen LogP contribution in [0.1, 0.15) is 45.1 Å². The summed E-state index contributed by atoms with van der Waals surface area (Å²) in [5.74, 6) is 0.802. The summed E-state index contributed by atoms with van der Waals surface area (Å²) in [6, 6.07) is 11.9. The van der Waals surface area contributed by atoms with Gasteiger partial charge in [0.2, 0.25) is 0 Å². The highest BCUT2D eigenvalue weighted by Gasteiger charge is 2.21. The lowest BCUT2D eigenvalue weighted by atomic mass is 9.91. The number of urea groups is 1. The van der Waals surface area contributed by atoms with Crippen molar-refractivity contribution in [3.63, 3.8) is 0 Å². The van der Waals surface area contributed by atoms with Crippen LogP contribution in [0.2, 0.25) is 0 Å². The van der Waals surface area contributed by atoms with Crippen molar-refractivity contribution in [3.05, 3.63) is 52.2 Å². The molecule has 0 radical (unpaired) electrons. The molecular formula is C22H34IN5OS. The summed E-state index contributed by atoms with van der Waals surface area (Å²) in [5.41, 5.74) is 1.88. The Hall–Kier alpha value is -1.81. The van der Waals surface area contributed by atoms with Gasteiger partial charge in [0.1, 0.15) is 0 Å². The van der Waals surface area contributed by atoms with Gasteiger partial charge in [0, 0.05) is 35.1 Å². The van der Waals surface area contributed by atoms with Crippen molar-refractivity contribution < 1.29 is 4.79 Å². The molecule has 0 aliphatic carbocycles. The minimum absolute atomic E-state index is 0. The molecule has 1 aromatic heterocycles. The molecule has 1 heterocycles. The second-order valence-electron chi connectivity index (χ2n) is 7.86. The first-order chi connectivity index (χ1) is 13.8. The van der Waals surface area contributed by atoms with Crippen molar-refractivity contribution in [1.29, 1.82) is 0 Å². The maximum Gasteiger partial charge on any atom is 0.319 e. The Labute approximate surface area is 201 Å². The molecule has 0 atom stereocenters. The normalized spacial score (nSPS) is 11.6. The zero-order valence-electron chi connectivity index (χ0n) is 18.4. The van der Waals surface area contributed by atoms with Crippen molar-refractivity contribution in [1.82, 2.24) is 16.0 Å². The van der Waals surface area contributed by atoms with Gasteiger partial charge in [-0.2, -0.15) is 0 Å². The highest BCUT2D eigenvalue weighted by molar-refractivity contribution is 14.0. The summed E-state index contributed by atoms with van der Waals surface area (Å²) >= 11 is 1.78. The van der Waals surface area contributed by atoms with Crippen LogP contribution in [0.5, 0.6) is 0 Å². The van der Waals surface area contributed by atoms with Crippen LogP contribution in [0.15, 0.2) is 46.8 Å². The van der Waals surface area contributed by atoms with Crippen LogP contribution >= 0.6 is 35.3 Å². The Balaban J connectivity index is 0.00000450. The Morgan fingerprint density at radius 1 is 1.13 bits per heavy atom. The molecule has 8 heteroatoms. The van der Waals surface area contributed by atoms with E-state index >= 15 is 0 Å². The number of hydrogen-bond acceptors (Lipinski definition) is 3. The van der Waals surface area contributed by atoms with Gasteiger partial charge < -0.3 is 21.3 Å². The van der Waals surface area contributed by atoms with Crippen molar-refractivity contribution in [2.45, 2.75) is 52.6 Å². The molecular weight excluding hydrogens is 509 g/mol. The van der Waals surface area contributed by atoms with Crippen LogP contribution in [-0.4, -0.2) is 31.1 Å². The molecule has 0 unspecified atom stereocenters. The molecule has 0 aliphatic heterocycles. The van der Waals surface area contributed by atoms with Gasteiger partial charge >= 0.3 is 6.03 Å². The first kappa shape index (κ1) is 26.2. The average molecular weight is 544 g/mol. The van der Waals surface area contributed by atoms with E-state index in [1.807, 2.05) is 38.1 Å². The fraction of sp³-hybridized carbons (Fsp3) is 0.455. The molecule has 30 heavy (non-hydrogen) atoms. The first-order valence-corrected chi connectivity index (χ1v) is 10.9. The third kappa shape index (κ3) is 8.91. The van der Waals surface area contributed by atoms with E-state index in [0.717, 1.165) is 30.3 Å². The van der Waals surface area contributed by atoms with Crippen molar-refractivity contribution in [2.24, 2.45) is 4.99 Å². The summed E-state index contributed by atoms with van der Waals surface area (Å²) in [5, 5.41) is 14.5. The van der Waals surface area contributed by atoms with E-state index in [1.165, 1.54) is 4.88 Å². The quantitative estimate of drug-likeness (QED) is 0.217. The van der Waals surface area contributed by atoms with Gasteiger partial charge in [-0.1, -0.05) is 32.0 Å². The number of guanidine groups is 1. The molecule has 0 fully saturated rings. The third-order valence-electron chi connectivity index (χ3n) is 4.28. The van der Waals surface area contributed by atoms with E-state index in [4.69, 9.17) is 4.99 Å². The van der Waals surface area contributed by atoms with Gasteiger partial charge in [0.25, 0.3) is 0 Å². The number of rotatable bonds is 8. The molecule has 1 aromatic carbocycles. The van der Waals surface area contributed by atoms with Crippen LogP contribution < -0.4 is 21.3 Å². The van der Waals surface area contributed by atoms with Gasteiger partial charge in [0.15, 0.2) is 5.96 Å². The van der Waals surface area contributed by atoms with Crippen LogP contribution in [0.25, 0.3) is 0 Å². The van der Waals surface area contributed by atoms with E-state index in [-0.39, 0.29) is 41.5 Å². The van der Waals surface area contributed by atoms with Crippen LogP contribution in [0, 0.1) is 0 Å². The molecule has 0 saturated heterocycles. The molecule has 0 bridgehead atoms. The van der Waals surface area contributed by atoms with Crippen LogP contribution in [0.4, 0.5) is 10.5 Å². The summed E-state index contributed by atoms with van der Waals surface area (Å²) in [6.07, 6.45) is 0. The number of thiophene rings is 1. The molecule has 2 amide bonds. The molecule has 4 N–H and O–H groups in total. The second-order valence-corrected chi connectivity index (χ2v) is 8.81. The number of hydrogen-bond donors (Lipinski definition) is 4. The number of carbonyl (C=O) groups is 1. The number of benzene rings is 1. The molecule has 0 saturated carbocycles. The Morgan fingerprint density at radius 2 is 1.83 bits per heavy atom. The van der Waals surface area contributed by atoms with Crippen molar-refractivity contribution in [3.8, 4) is 0 Å². The summed E-state index contributed by atoms with van der Waals surface area (Å²) < 4.78 is 0. The molecule has 2 aromatic rings. The zero-order valence-corrected chi connectivity index (χ0v) is 21.6. The molecule has 0 spiro atoms. The fourth-order valence-corrected chi connectivity index (χ4v) is 3.54. The zero-order chi connectivity index (χ0) is 21.3. The van der Waals surface area contributed by atoms with Gasteiger partial charge in [-0.25, -0.2) is 9.79 Å². The van der Waals surface area contributed by atoms with Crippen molar-refractivity contribution >= 4 is 53.0 Å². The number of nitrogens with zero attached hydrogens (tertiary/aromatic N) is 1. The maximum absolute atomic E-state index is 11.8. The minimum atomic E-state index is -0.197. The average Bonchev–Trinajstić information content (AvgIpc) is 3.20. The summed E-state index contributed by atoms with van der Waals surface area (Å²) in [4.78, 5) is 17.8. The van der Waals surface area contributed by atoms with Gasteiger partial charge in [0.05, 0.1) is 6.54 Å².